The summed E-state index contributed by atoms with van der Waals surface area (Å²) in [6.07, 6.45) is 0.266. The van der Waals surface area contributed by atoms with Gasteiger partial charge in [-0.25, -0.2) is 0 Å². The summed E-state index contributed by atoms with van der Waals surface area (Å²) in [7, 11) is 0. The lowest BCUT2D eigenvalue weighted by molar-refractivity contribution is -0.140. The lowest BCUT2D eigenvalue weighted by Crippen LogP contribution is -2.47. The van der Waals surface area contributed by atoms with E-state index in [0.717, 1.165) is 16.6 Å². The van der Waals surface area contributed by atoms with Gasteiger partial charge in [-0.3, -0.25) is 43.5 Å². The van der Waals surface area contributed by atoms with Crippen molar-refractivity contribution in [1.29, 1.82) is 0 Å². The number of carbonyl (C=O) groups is 5. The molecule has 2 aromatic rings. The van der Waals surface area contributed by atoms with Crippen LogP contribution in [0.15, 0.2) is 29.1 Å². The number of ether oxygens (including phenoxy) is 1. The second-order valence-electron chi connectivity index (χ2n) is 10.0. The van der Waals surface area contributed by atoms with Crippen LogP contribution >= 0.6 is 0 Å². The van der Waals surface area contributed by atoms with Crippen LogP contribution in [0, 0.1) is 6.92 Å². The SMILES string of the molecule is CCC(=O)NCNC(=O)CN(CCN(CCN(CCNc1ccc2c(C)cc(=O)[nH]c2c1)CC(=O)O)CC(=O)O)COC=O. The summed E-state index contributed by atoms with van der Waals surface area (Å²) in [6, 6.07) is 7.09. The number of aromatic amines is 1. The standard InChI is InChI=1S/C28H41N7O9/c1-3-24(37)30-17-31-26(39)14-35(18-44-19-36)11-10-34(16-28(42)43)9-8-33(15-27(40)41)7-6-29-21-4-5-22-20(2)12-25(38)32-23(22)13-21/h4-5,12-13,19,29H,3,6-11,14-18H2,1-2H3,(H,30,37)(H,31,39)(H,32,38)(H,40,41)(H,42,43). The van der Waals surface area contributed by atoms with Gasteiger partial charge in [-0.15, -0.1) is 0 Å². The molecule has 0 bridgehead atoms. The third kappa shape index (κ3) is 13.6. The number of hydrogen-bond acceptors (Lipinski definition) is 11. The van der Waals surface area contributed by atoms with E-state index in [9.17, 15) is 39.0 Å². The van der Waals surface area contributed by atoms with E-state index >= 15 is 0 Å². The van der Waals surface area contributed by atoms with E-state index < -0.39 is 17.8 Å². The number of aliphatic carboxylic acids is 2. The summed E-state index contributed by atoms with van der Waals surface area (Å²) in [5, 5.41) is 28.0. The largest absolute Gasteiger partial charge is 0.480 e. The van der Waals surface area contributed by atoms with E-state index in [1.165, 1.54) is 11.0 Å². The number of rotatable bonds is 22. The third-order valence-electron chi connectivity index (χ3n) is 6.57. The van der Waals surface area contributed by atoms with Crippen LogP contribution in [-0.2, 0) is 28.7 Å². The lowest BCUT2D eigenvalue weighted by atomic mass is 10.1. The fourth-order valence-corrected chi connectivity index (χ4v) is 4.34. The minimum atomic E-state index is -1.08. The fourth-order valence-electron chi connectivity index (χ4n) is 4.34. The minimum absolute atomic E-state index is 0.0622. The van der Waals surface area contributed by atoms with Crippen LogP contribution in [-0.4, -0.2) is 132 Å². The van der Waals surface area contributed by atoms with Crippen molar-refractivity contribution in [3.8, 4) is 0 Å². The molecule has 44 heavy (non-hydrogen) atoms. The van der Waals surface area contributed by atoms with E-state index in [0.29, 0.717) is 18.6 Å². The number of carboxylic acid groups (broad SMARTS) is 2. The Balaban J connectivity index is 1.95. The first-order valence-electron chi connectivity index (χ1n) is 14.1. The van der Waals surface area contributed by atoms with Crippen molar-refractivity contribution in [3.05, 3.63) is 40.2 Å². The maximum absolute atomic E-state index is 12.3. The van der Waals surface area contributed by atoms with E-state index in [2.05, 4.69) is 20.9 Å². The zero-order valence-electron chi connectivity index (χ0n) is 25.0. The van der Waals surface area contributed by atoms with Gasteiger partial charge in [0.15, 0.2) is 0 Å². The molecule has 242 valence electrons. The molecule has 0 saturated carbocycles. The number of benzene rings is 1. The van der Waals surface area contributed by atoms with Gasteiger partial charge in [-0.2, -0.15) is 0 Å². The number of aryl methyl sites for hydroxylation is 1. The molecule has 16 nitrogen and oxygen atoms in total. The van der Waals surface area contributed by atoms with Crippen molar-refractivity contribution in [2.75, 3.05) is 77.6 Å². The van der Waals surface area contributed by atoms with E-state index in [1.54, 1.807) is 22.8 Å². The first-order valence-corrected chi connectivity index (χ1v) is 14.1. The normalized spacial score (nSPS) is 11.1. The number of fused-ring (bicyclic) bond motifs is 1. The number of aromatic nitrogens is 1. The number of nitrogens with one attached hydrogen (secondary N) is 4. The fraction of sp³-hybridized carbons (Fsp3) is 0.500. The quantitative estimate of drug-likeness (QED) is 0.0694. The number of pyridine rings is 1. The van der Waals surface area contributed by atoms with Crippen molar-refractivity contribution in [2.24, 2.45) is 0 Å². The molecule has 0 saturated heterocycles. The molecule has 1 aromatic carbocycles. The first kappa shape index (κ1) is 35.7. The topological polar surface area (TPSA) is 214 Å². The molecule has 2 rings (SSSR count). The minimum Gasteiger partial charge on any atom is -0.480 e. The summed E-state index contributed by atoms with van der Waals surface area (Å²) in [4.78, 5) is 76.8. The van der Waals surface area contributed by atoms with Crippen molar-refractivity contribution < 1.29 is 38.9 Å². The van der Waals surface area contributed by atoms with Gasteiger partial charge in [0.25, 0.3) is 6.47 Å². The van der Waals surface area contributed by atoms with Gasteiger partial charge in [0.05, 0.1) is 31.8 Å². The summed E-state index contributed by atoms with van der Waals surface area (Å²) < 4.78 is 4.79. The van der Waals surface area contributed by atoms with Crippen LogP contribution in [0.3, 0.4) is 0 Å². The highest BCUT2D eigenvalue weighted by Crippen LogP contribution is 2.18. The third-order valence-corrected chi connectivity index (χ3v) is 6.57. The number of H-pyrrole nitrogens is 1. The monoisotopic (exact) mass is 619 g/mol. The summed E-state index contributed by atoms with van der Waals surface area (Å²) in [5.41, 5.74) is 2.08. The Morgan fingerprint density at radius 2 is 1.50 bits per heavy atom. The van der Waals surface area contributed by atoms with Crippen LogP contribution in [0.1, 0.15) is 18.9 Å². The van der Waals surface area contributed by atoms with Crippen LogP contribution in [0.2, 0.25) is 0 Å². The number of hydrogen-bond donors (Lipinski definition) is 6. The number of nitrogens with zero attached hydrogens (tertiary/aromatic N) is 3. The zero-order valence-corrected chi connectivity index (χ0v) is 25.0. The smallest absolute Gasteiger partial charge is 0.317 e. The first-order chi connectivity index (χ1) is 21.0. The number of amides is 2. The lowest BCUT2D eigenvalue weighted by Gasteiger charge is -2.28. The van der Waals surface area contributed by atoms with E-state index in [-0.39, 0.29) is 83.6 Å². The second-order valence-corrected chi connectivity index (χ2v) is 10.0. The van der Waals surface area contributed by atoms with Crippen molar-refractivity contribution in [1.82, 2.24) is 30.3 Å². The highest BCUT2D eigenvalue weighted by atomic mass is 16.5. The molecule has 2 amide bonds. The van der Waals surface area contributed by atoms with Gasteiger partial charge in [-0.05, 0) is 24.6 Å². The molecular formula is C28H41N7O9. The molecule has 0 spiro atoms. The maximum atomic E-state index is 12.3. The van der Waals surface area contributed by atoms with Gasteiger partial charge in [0, 0.05) is 62.8 Å². The molecule has 0 unspecified atom stereocenters. The molecule has 0 atom stereocenters. The van der Waals surface area contributed by atoms with Crippen LogP contribution in [0.25, 0.3) is 10.9 Å². The van der Waals surface area contributed by atoms with Crippen molar-refractivity contribution >= 4 is 46.8 Å². The van der Waals surface area contributed by atoms with Gasteiger partial charge in [0.1, 0.15) is 6.73 Å². The Morgan fingerprint density at radius 1 is 0.886 bits per heavy atom. The van der Waals surface area contributed by atoms with Gasteiger partial charge in [0.2, 0.25) is 17.4 Å². The number of anilines is 1. The Kier molecular flexibility index (Phi) is 15.3. The van der Waals surface area contributed by atoms with Crippen LogP contribution in [0.4, 0.5) is 5.69 Å². The van der Waals surface area contributed by atoms with Crippen molar-refractivity contribution in [3.63, 3.8) is 0 Å². The predicted molar refractivity (Wildman–Crippen MR) is 161 cm³/mol. The molecule has 6 N–H and O–H groups in total. The molecule has 0 aliphatic rings. The number of carbonyl (C=O) groups excluding carboxylic acids is 3. The Labute approximate surface area is 254 Å². The molecular weight excluding hydrogens is 578 g/mol. The average molecular weight is 620 g/mol. The highest BCUT2D eigenvalue weighted by molar-refractivity contribution is 5.85. The van der Waals surface area contributed by atoms with Crippen LogP contribution < -0.4 is 21.5 Å². The molecule has 16 heteroatoms. The van der Waals surface area contributed by atoms with E-state index in [4.69, 9.17) is 4.74 Å². The van der Waals surface area contributed by atoms with Gasteiger partial charge >= 0.3 is 11.9 Å². The molecule has 1 aromatic heterocycles. The summed E-state index contributed by atoms with van der Waals surface area (Å²) in [5.74, 6) is -2.79. The van der Waals surface area contributed by atoms with Gasteiger partial charge in [-0.1, -0.05) is 13.0 Å². The average Bonchev–Trinajstić information content (AvgIpc) is 2.95. The zero-order chi connectivity index (χ0) is 32.5. The molecule has 0 fully saturated rings. The molecule has 0 aliphatic heterocycles. The van der Waals surface area contributed by atoms with E-state index in [1.807, 2.05) is 19.1 Å². The molecule has 0 aliphatic carbocycles. The van der Waals surface area contributed by atoms with Gasteiger partial charge < -0.3 is 35.9 Å². The summed E-state index contributed by atoms with van der Waals surface area (Å²) in [6.45, 7) is 4.26. The number of carboxylic acids is 2. The highest BCUT2D eigenvalue weighted by Gasteiger charge is 2.17. The maximum Gasteiger partial charge on any atom is 0.317 e. The Hall–Kier alpha value is -4.54. The summed E-state index contributed by atoms with van der Waals surface area (Å²) >= 11 is 0. The Morgan fingerprint density at radius 3 is 2.11 bits per heavy atom. The second kappa shape index (κ2) is 18.9. The molecule has 1 heterocycles. The Bertz CT molecular complexity index is 1330. The van der Waals surface area contributed by atoms with Crippen LogP contribution in [0.5, 0.6) is 0 Å². The van der Waals surface area contributed by atoms with Crippen molar-refractivity contribution in [2.45, 2.75) is 20.3 Å². The molecule has 0 radical (unpaired) electrons. The predicted octanol–water partition coefficient (Wildman–Crippen LogP) is -0.946.